The van der Waals surface area contributed by atoms with Crippen molar-refractivity contribution in [2.75, 3.05) is 26.9 Å². The minimum atomic E-state index is 0.732. The molecule has 0 spiro atoms. The lowest BCUT2D eigenvalue weighted by molar-refractivity contribution is 0.175. The first-order valence-corrected chi connectivity index (χ1v) is 8.85. The fourth-order valence-corrected chi connectivity index (χ4v) is 2.16. The van der Waals surface area contributed by atoms with Crippen LogP contribution in [0.5, 0.6) is 0 Å². The highest BCUT2D eigenvalue weighted by molar-refractivity contribution is 5.68. The highest BCUT2D eigenvalue weighted by atomic mass is 16.5. The van der Waals surface area contributed by atoms with E-state index in [0.717, 1.165) is 56.7 Å². The number of allylic oxidation sites excluding steroid dienone is 2. The Morgan fingerprint density at radius 2 is 1.25 bits per heavy atom. The summed E-state index contributed by atoms with van der Waals surface area (Å²) in [6.45, 7) is 8.62. The second-order valence-corrected chi connectivity index (χ2v) is 5.97. The van der Waals surface area contributed by atoms with Gasteiger partial charge >= 0.3 is 0 Å². The first-order valence-electron chi connectivity index (χ1n) is 8.85. The molecule has 0 aliphatic heterocycles. The molecule has 1 rings (SSSR count). The van der Waals surface area contributed by atoms with E-state index in [1.807, 2.05) is 12.5 Å². The second-order valence-electron chi connectivity index (χ2n) is 5.97. The van der Waals surface area contributed by atoms with Gasteiger partial charge in [0, 0.05) is 13.7 Å². The number of methoxy groups -OCH3 is 1. The molecule has 0 N–H and O–H groups in total. The summed E-state index contributed by atoms with van der Waals surface area (Å²) < 4.78 is 16.2. The number of hydrogen-bond acceptors (Lipinski definition) is 3. The number of ether oxygens (including phenoxy) is 3. The molecule has 1 aromatic rings. The van der Waals surface area contributed by atoms with Gasteiger partial charge in [0.15, 0.2) is 0 Å². The topological polar surface area (TPSA) is 27.7 Å². The highest BCUT2D eigenvalue weighted by Crippen LogP contribution is 2.19. The molecule has 3 nitrogen and oxygen atoms in total. The summed E-state index contributed by atoms with van der Waals surface area (Å²) in [6.07, 6.45) is 8.00. The van der Waals surface area contributed by atoms with Crippen molar-refractivity contribution in [2.45, 2.75) is 46.5 Å². The van der Waals surface area contributed by atoms with Crippen LogP contribution >= 0.6 is 0 Å². The van der Waals surface area contributed by atoms with Gasteiger partial charge in [0.2, 0.25) is 0 Å². The van der Waals surface area contributed by atoms with Crippen molar-refractivity contribution in [1.29, 1.82) is 0 Å². The van der Waals surface area contributed by atoms with E-state index in [0.29, 0.717) is 0 Å². The first kappa shape index (κ1) is 20.3. The zero-order valence-corrected chi connectivity index (χ0v) is 15.6. The molecule has 0 saturated carbocycles. The van der Waals surface area contributed by atoms with E-state index in [4.69, 9.17) is 14.2 Å². The van der Waals surface area contributed by atoms with Gasteiger partial charge in [0.05, 0.1) is 25.7 Å². The fourth-order valence-electron chi connectivity index (χ4n) is 2.16. The van der Waals surface area contributed by atoms with Gasteiger partial charge in [-0.1, -0.05) is 37.6 Å². The van der Waals surface area contributed by atoms with E-state index in [1.165, 1.54) is 11.1 Å². The molecule has 3 heteroatoms. The van der Waals surface area contributed by atoms with Gasteiger partial charge < -0.3 is 14.2 Å². The third kappa shape index (κ3) is 8.21. The Balaban J connectivity index is 2.47. The normalized spacial score (nSPS) is 12.3. The van der Waals surface area contributed by atoms with Crippen LogP contribution in [0.25, 0.3) is 11.1 Å². The SMILES string of the molecule is CCCCOC=C(C)c1ccc(C(C)=COCCCCOC)cc1. The van der Waals surface area contributed by atoms with E-state index in [9.17, 15) is 0 Å². The maximum atomic E-state index is 5.60. The van der Waals surface area contributed by atoms with Crippen LogP contribution in [-0.4, -0.2) is 26.9 Å². The van der Waals surface area contributed by atoms with Gasteiger partial charge in [-0.3, -0.25) is 0 Å². The van der Waals surface area contributed by atoms with Gasteiger partial charge in [-0.2, -0.15) is 0 Å². The standard InChI is InChI=1S/C21H32O3/c1-5-6-14-23-16-18(2)20-9-11-21(12-10-20)19(3)17-24-15-8-7-13-22-4/h9-12,16-17H,5-8,13-15H2,1-4H3. The molecule has 0 bridgehead atoms. The van der Waals surface area contributed by atoms with Crippen molar-refractivity contribution in [3.63, 3.8) is 0 Å². The molecule has 24 heavy (non-hydrogen) atoms. The molecule has 0 heterocycles. The van der Waals surface area contributed by atoms with Gasteiger partial charge in [0.25, 0.3) is 0 Å². The predicted octanol–water partition coefficient (Wildman–Crippen LogP) is 5.67. The van der Waals surface area contributed by atoms with E-state index in [1.54, 1.807) is 7.11 Å². The molecule has 1 aromatic carbocycles. The van der Waals surface area contributed by atoms with E-state index in [-0.39, 0.29) is 0 Å². The summed E-state index contributed by atoms with van der Waals surface area (Å²) in [6, 6.07) is 8.50. The Kier molecular flexibility index (Phi) is 10.7. The number of rotatable bonds is 12. The quantitative estimate of drug-likeness (QED) is 0.365. The summed E-state index contributed by atoms with van der Waals surface area (Å²) in [5.41, 5.74) is 4.64. The molecule has 0 radical (unpaired) electrons. The average molecular weight is 332 g/mol. The minimum Gasteiger partial charge on any atom is -0.501 e. The van der Waals surface area contributed by atoms with E-state index >= 15 is 0 Å². The van der Waals surface area contributed by atoms with Gasteiger partial charge in [-0.15, -0.1) is 0 Å². The molecule has 0 amide bonds. The van der Waals surface area contributed by atoms with Crippen LogP contribution in [0.15, 0.2) is 36.8 Å². The average Bonchev–Trinajstić information content (AvgIpc) is 2.61. The summed E-state index contributed by atoms with van der Waals surface area (Å²) >= 11 is 0. The van der Waals surface area contributed by atoms with Crippen LogP contribution in [0.3, 0.4) is 0 Å². The fraction of sp³-hybridized carbons (Fsp3) is 0.524. The smallest absolute Gasteiger partial charge is 0.0874 e. The van der Waals surface area contributed by atoms with Crippen LogP contribution in [0, 0.1) is 0 Å². The largest absolute Gasteiger partial charge is 0.501 e. The lowest BCUT2D eigenvalue weighted by Gasteiger charge is -2.07. The van der Waals surface area contributed by atoms with Crippen LogP contribution in [0.2, 0.25) is 0 Å². The van der Waals surface area contributed by atoms with Gasteiger partial charge in [-0.25, -0.2) is 0 Å². The third-order valence-electron chi connectivity index (χ3n) is 3.79. The summed E-state index contributed by atoms with van der Waals surface area (Å²) in [4.78, 5) is 0. The summed E-state index contributed by atoms with van der Waals surface area (Å²) in [5.74, 6) is 0. The third-order valence-corrected chi connectivity index (χ3v) is 3.79. The molecule has 0 fully saturated rings. The van der Waals surface area contributed by atoms with Crippen molar-refractivity contribution in [3.05, 3.63) is 47.9 Å². The molecule has 0 aliphatic carbocycles. The predicted molar refractivity (Wildman–Crippen MR) is 102 cm³/mol. The van der Waals surface area contributed by atoms with E-state index < -0.39 is 0 Å². The Labute approximate surface area is 147 Å². The molecule has 134 valence electrons. The van der Waals surface area contributed by atoms with Crippen molar-refractivity contribution < 1.29 is 14.2 Å². The number of benzene rings is 1. The maximum Gasteiger partial charge on any atom is 0.0874 e. The molecular formula is C21H32O3. The van der Waals surface area contributed by atoms with Crippen molar-refractivity contribution in [1.82, 2.24) is 0 Å². The summed E-state index contributed by atoms with van der Waals surface area (Å²) in [5, 5.41) is 0. The van der Waals surface area contributed by atoms with Crippen LogP contribution in [-0.2, 0) is 14.2 Å². The Morgan fingerprint density at radius 3 is 1.71 bits per heavy atom. The van der Waals surface area contributed by atoms with E-state index in [2.05, 4.69) is 45.0 Å². The van der Waals surface area contributed by atoms with Crippen LogP contribution in [0.1, 0.15) is 57.6 Å². The second kappa shape index (κ2) is 12.7. The van der Waals surface area contributed by atoms with Crippen molar-refractivity contribution in [3.8, 4) is 0 Å². The number of hydrogen-bond donors (Lipinski definition) is 0. The molecular weight excluding hydrogens is 300 g/mol. The molecule has 0 aromatic heterocycles. The Morgan fingerprint density at radius 1 is 0.792 bits per heavy atom. The zero-order chi connectivity index (χ0) is 17.6. The summed E-state index contributed by atoms with van der Waals surface area (Å²) in [7, 11) is 1.73. The van der Waals surface area contributed by atoms with Crippen LogP contribution < -0.4 is 0 Å². The van der Waals surface area contributed by atoms with Crippen molar-refractivity contribution in [2.24, 2.45) is 0 Å². The van der Waals surface area contributed by atoms with Gasteiger partial charge in [0.1, 0.15) is 0 Å². The first-order chi connectivity index (χ1) is 11.7. The lowest BCUT2D eigenvalue weighted by Crippen LogP contribution is -1.93. The molecule has 0 unspecified atom stereocenters. The van der Waals surface area contributed by atoms with Crippen molar-refractivity contribution >= 4 is 11.1 Å². The minimum absolute atomic E-state index is 0.732. The Bertz CT molecular complexity index is 500. The zero-order valence-electron chi connectivity index (χ0n) is 15.6. The lowest BCUT2D eigenvalue weighted by atomic mass is 10.0. The maximum absolute atomic E-state index is 5.60. The Hall–Kier alpha value is -1.74. The molecule has 0 saturated heterocycles. The molecule has 0 atom stereocenters. The van der Waals surface area contributed by atoms with Gasteiger partial charge in [-0.05, 0) is 55.4 Å². The monoisotopic (exact) mass is 332 g/mol. The van der Waals surface area contributed by atoms with Crippen LogP contribution in [0.4, 0.5) is 0 Å². The number of unbranched alkanes of at least 4 members (excludes halogenated alkanes) is 2. The molecule has 0 aliphatic rings. The highest BCUT2D eigenvalue weighted by Gasteiger charge is 2.00.